The number of aliphatic hydroxyl groups is 1. The summed E-state index contributed by atoms with van der Waals surface area (Å²) in [6.07, 6.45) is 4.02. The molecule has 0 fully saturated rings. The Hall–Kier alpha value is -1.69. The smallest absolute Gasteiger partial charge is 0.246 e. The highest BCUT2D eigenvalue weighted by atomic mass is 16.3. The number of rotatable bonds is 5. The normalized spacial score (nSPS) is 12.1. The van der Waals surface area contributed by atoms with Crippen molar-refractivity contribution < 1.29 is 14.7 Å². The fourth-order valence-corrected chi connectivity index (χ4v) is 1.02. The quantitative estimate of drug-likeness (QED) is 0.507. The Kier molecular flexibility index (Phi) is 3.81. The summed E-state index contributed by atoms with van der Waals surface area (Å²) < 4.78 is 0. The molecule has 0 aliphatic rings. The van der Waals surface area contributed by atoms with Crippen LogP contribution in [-0.2, 0) is 16.0 Å². The van der Waals surface area contributed by atoms with E-state index in [2.05, 4.69) is 15.3 Å². The zero-order chi connectivity index (χ0) is 10.4. The highest BCUT2D eigenvalue weighted by molar-refractivity contribution is 5.80. The molecule has 0 unspecified atom stereocenters. The second kappa shape index (κ2) is 5.13. The molecule has 1 aromatic heterocycles. The first-order valence-corrected chi connectivity index (χ1v) is 4.09. The van der Waals surface area contributed by atoms with E-state index in [0.717, 1.165) is 5.69 Å². The summed E-state index contributed by atoms with van der Waals surface area (Å²) in [6.45, 7) is -0.618. The lowest BCUT2D eigenvalue weighted by molar-refractivity contribution is -0.126. The SMILES string of the molecule is O=C[C@H](Cc1cnc[nH]1)NC(=O)CO. The van der Waals surface area contributed by atoms with Gasteiger partial charge in [0, 0.05) is 18.3 Å². The average Bonchev–Trinajstić information content (AvgIpc) is 2.69. The maximum absolute atomic E-state index is 10.8. The molecule has 76 valence electrons. The highest BCUT2D eigenvalue weighted by Crippen LogP contribution is 1.95. The number of aliphatic hydroxyl groups excluding tert-OH is 1. The summed E-state index contributed by atoms with van der Waals surface area (Å²) in [7, 11) is 0. The third kappa shape index (κ3) is 2.98. The van der Waals surface area contributed by atoms with Gasteiger partial charge in [-0.1, -0.05) is 0 Å². The second-order valence-electron chi connectivity index (χ2n) is 2.75. The van der Waals surface area contributed by atoms with Gasteiger partial charge in [-0.3, -0.25) is 4.79 Å². The fourth-order valence-electron chi connectivity index (χ4n) is 1.02. The molecule has 0 aliphatic carbocycles. The molecular weight excluding hydrogens is 186 g/mol. The van der Waals surface area contributed by atoms with E-state index in [1.165, 1.54) is 6.33 Å². The van der Waals surface area contributed by atoms with Crippen molar-refractivity contribution in [1.29, 1.82) is 0 Å². The van der Waals surface area contributed by atoms with Gasteiger partial charge in [0.1, 0.15) is 12.9 Å². The third-order valence-electron chi connectivity index (χ3n) is 1.65. The van der Waals surface area contributed by atoms with Crippen molar-refractivity contribution in [3.63, 3.8) is 0 Å². The third-order valence-corrected chi connectivity index (χ3v) is 1.65. The van der Waals surface area contributed by atoms with Crippen LogP contribution in [0.1, 0.15) is 5.69 Å². The van der Waals surface area contributed by atoms with Gasteiger partial charge in [0.2, 0.25) is 5.91 Å². The van der Waals surface area contributed by atoms with Crippen LogP contribution in [0.3, 0.4) is 0 Å². The van der Waals surface area contributed by atoms with Crippen molar-refractivity contribution >= 4 is 12.2 Å². The van der Waals surface area contributed by atoms with Crippen molar-refractivity contribution in [2.24, 2.45) is 0 Å². The van der Waals surface area contributed by atoms with Gasteiger partial charge < -0.3 is 20.2 Å². The molecule has 14 heavy (non-hydrogen) atoms. The van der Waals surface area contributed by atoms with Crippen molar-refractivity contribution in [3.8, 4) is 0 Å². The van der Waals surface area contributed by atoms with E-state index in [9.17, 15) is 9.59 Å². The standard InChI is InChI=1S/C8H11N3O3/c12-3-7(11-8(14)4-13)1-6-2-9-5-10-6/h2-3,5,7,13H,1,4H2,(H,9,10)(H,11,14)/t7-/m0/s1. The van der Waals surface area contributed by atoms with Gasteiger partial charge in [0.25, 0.3) is 0 Å². The summed E-state index contributed by atoms with van der Waals surface area (Å²) in [5.41, 5.74) is 0.750. The number of carbonyl (C=O) groups excluding carboxylic acids is 2. The number of imidazole rings is 1. The lowest BCUT2D eigenvalue weighted by atomic mass is 10.2. The van der Waals surface area contributed by atoms with E-state index < -0.39 is 18.6 Å². The first-order chi connectivity index (χ1) is 6.76. The molecule has 0 saturated carbocycles. The van der Waals surface area contributed by atoms with E-state index >= 15 is 0 Å². The zero-order valence-corrected chi connectivity index (χ0v) is 7.43. The van der Waals surface area contributed by atoms with Crippen molar-refractivity contribution in [3.05, 3.63) is 18.2 Å². The topological polar surface area (TPSA) is 95.1 Å². The van der Waals surface area contributed by atoms with Gasteiger partial charge in [-0.05, 0) is 0 Å². The van der Waals surface area contributed by atoms with Gasteiger partial charge >= 0.3 is 0 Å². The van der Waals surface area contributed by atoms with Crippen LogP contribution in [0.4, 0.5) is 0 Å². The van der Waals surface area contributed by atoms with Crippen LogP contribution in [0, 0.1) is 0 Å². The Morgan fingerprint density at radius 3 is 3.07 bits per heavy atom. The van der Waals surface area contributed by atoms with Crippen LogP contribution in [0.5, 0.6) is 0 Å². The number of amides is 1. The van der Waals surface area contributed by atoms with E-state index in [-0.39, 0.29) is 0 Å². The molecule has 1 aromatic rings. The maximum atomic E-state index is 10.8. The molecule has 0 bridgehead atoms. The van der Waals surface area contributed by atoms with Gasteiger partial charge in [-0.2, -0.15) is 0 Å². The van der Waals surface area contributed by atoms with Crippen molar-refractivity contribution in [1.82, 2.24) is 15.3 Å². The molecule has 0 radical (unpaired) electrons. The minimum absolute atomic E-state index is 0.342. The van der Waals surface area contributed by atoms with Crippen LogP contribution in [-0.4, -0.2) is 39.9 Å². The molecule has 0 saturated heterocycles. The number of nitrogens with one attached hydrogen (secondary N) is 2. The number of nitrogens with zero attached hydrogens (tertiary/aromatic N) is 1. The maximum Gasteiger partial charge on any atom is 0.246 e. The predicted octanol–water partition coefficient (Wildman–Crippen LogP) is -1.37. The number of hydrogen-bond acceptors (Lipinski definition) is 4. The molecule has 1 atom stereocenters. The number of aromatic amines is 1. The van der Waals surface area contributed by atoms with Crippen molar-refractivity contribution in [2.75, 3.05) is 6.61 Å². The Balaban J connectivity index is 2.47. The first kappa shape index (κ1) is 10.4. The molecule has 3 N–H and O–H groups in total. The zero-order valence-electron chi connectivity index (χ0n) is 7.43. The average molecular weight is 197 g/mol. The molecular formula is C8H11N3O3. The second-order valence-corrected chi connectivity index (χ2v) is 2.75. The Morgan fingerprint density at radius 2 is 2.57 bits per heavy atom. The summed E-state index contributed by atoms with van der Waals surface area (Å²) >= 11 is 0. The Bertz CT molecular complexity index is 297. The van der Waals surface area contributed by atoms with Crippen LogP contribution in [0.2, 0.25) is 0 Å². The first-order valence-electron chi connectivity index (χ1n) is 4.09. The molecule has 0 spiro atoms. The highest BCUT2D eigenvalue weighted by Gasteiger charge is 2.11. The fraction of sp³-hybridized carbons (Fsp3) is 0.375. The number of aldehydes is 1. The van der Waals surface area contributed by atoms with E-state index in [1.54, 1.807) is 6.20 Å². The molecule has 1 amide bonds. The van der Waals surface area contributed by atoms with E-state index in [1.807, 2.05) is 0 Å². The monoisotopic (exact) mass is 197 g/mol. The van der Waals surface area contributed by atoms with Gasteiger partial charge in [-0.15, -0.1) is 0 Å². The number of aromatic nitrogens is 2. The number of carbonyl (C=O) groups is 2. The van der Waals surface area contributed by atoms with Gasteiger partial charge in [0.15, 0.2) is 0 Å². The Morgan fingerprint density at radius 1 is 1.79 bits per heavy atom. The lowest BCUT2D eigenvalue weighted by Crippen LogP contribution is -2.39. The van der Waals surface area contributed by atoms with E-state index in [4.69, 9.17) is 5.11 Å². The minimum Gasteiger partial charge on any atom is -0.387 e. The number of H-pyrrole nitrogens is 1. The lowest BCUT2D eigenvalue weighted by Gasteiger charge is -2.09. The van der Waals surface area contributed by atoms with Crippen LogP contribution in [0.15, 0.2) is 12.5 Å². The van der Waals surface area contributed by atoms with Crippen LogP contribution >= 0.6 is 0 Å². The van der Waals surface area contributed by atoms with Crippen LogP contribution < -0.4 is 5.32 Å². The van der Waals surface area contributed by atoms with Crippen LogP contribution in [0.25, 0.3) is 0 Å². The molecule has 1 rings (SSSR count). The summed E-state index contributed by atoms with van der Waals surface area (Å²) in [5, 5.41) is 10.8. The van der Waals surface area contributed by atoms with E-state index in [0.29, 0.717) is 12.7 Å². The summed E-state index contributed by atoms with van der Waals surface area (Å²) in [4.78, 5) is 27.9. The summed E-state index contributed by atoms with van der Waals surface area (Å²) in [5.74, 6) is -0.568. The van der Waals surface area contributed by atoms with Crippen molar-refractivity contribution in [2.45, 2.75) is 12.5 Å². The molecule has 6 nitrogen and oxygen atoms in total. The van der Waals surface area contributed by atoms with Gasteiger partial charge in [-0.25, -0.2) is 4.98 Å². The molecule has 0 aliphatic heterocycles. The molecule has 1 heterocycles. The number of hydrogen-bond donors (Lipinski definition) is 3. The Labute approximate surface area is 80.4 Å². The van der Waals surface area contributed by atoms with Gasteiger partial charge in [0.05, 0.1) is 12.4 Å². The molecule has 6 heteroatoms. The minimum atomic E-state index is -0.630. The largest absolute Gasteiger partial charge is 0.387 e. The molecule has 0 aromatic carbocycles. The predicted molar refractivity (Wildman–Crippen MR) is 47.4 cm³/mol. The summed E-state index contributed by atoms with van der Waals surface area (Å²) in [6, 6.07) is -0.630.